The zero-order valence-corrected chi connectivity index (χ0v) is 13.9. The molecule has 2 aliphatic rings. The number of rotatable bonds is 3. The fraction of sp³-hybridized carbons (Fsp3) is 0.412. The summed E-state index contributed by atoms with van der Waals surface area (Å²) in [6.07, 6.45) is -3.13. The highest BCUT2D eigenvalue weighted by atomic mass is 19.4. The summed E-state index contributed by atoms with van der Waals surface area (Å²) in [6, 6.07) is 8.50. The van der Waals surface area contributed by atoms with Crippen LogP contribution >= 0.6 is 0 Å². The van der Waals surface area contributed by atoms with Crippen molar-refractivity contribution in [3.8, 4) is 5.69 Å². The quantitative estimate of drug-likeness (QED) is 0.906. The minimum atomic E-state index is -4.44. The van der Waals surface area contributed by atoms with Crippen LogP contribution in [0.2, 0.25) is 0 Å². The van der Waals surface area contributed by atoms with Gasteiger partial charge in [-0.05, 0) is 23.8 Å². The van der Waals surface area contributed by atoms with E-state index in [1.165, 1.54) is 10.9 Å². The molecule has 0 saturated carbocycles. The molecule has 1 aromatic heterocycles. The summed E-state index contributed by atoms with van der Waals surface area (Å²) in [6.45, 7) is 3.75. The number of piperazine rings is 1. The SMILES string of the molecule is O=C1NCC2CN(Cc3ccc(-n4ccc(C(F)(F)F)n4)cc3)CCN12. The lowest BCUT2D eigenvalue weighted by molar-refractivity contribution is -0.141. The molecule has 2 saturated heterocycles. The van der Waals surface area contributed by atoms with Gasteiger partial charge in [-0.3, -0.25) is 4.90 Å². The molecule has 1 aromatic carbocycles. The highest BCUT2D eigenvalue weighted by Crippen LogP contribution is 2.28. The first kappa shape index (κ1) is 16.9. The van der Waals surface area contributed by atoms with Crippen LogP contribution in [0.25, 0.3) is 5.69 Å². The highest BCUT2D eigenvalue weighted by Gasteiger charge is 2.35. The number of aromatic nitrogens is 2. The van der Waals surface area contributed by atoms with Gasteiger partial charge in [-0.15, -0.1) is 0 Å². The molecule has 1 unspecified atom stereocenters. The van der Waals surface area contributed by atoms with Crippen LogP contribution in [0.3, 0.4) is 0 Å². The van der Waals surface area contributed by atoms with Gasteiger partial charge in [0.2, 0.25) is 0 Å². The summed E-state index contributed by atoms with van der Waals surface area (Å²) >= 11 is 0. The maximum absolute atomic E-state index is 12.6. The van der Waals surface area contributed by atoms with Crippen LogP contribution in [0, 0.1) is 0 Å². The molecule has 0 aliphatic carbocycles. The Labute approximate surface area is 148 Å². The molecule has 1 atom stereocenters. The van der Waals surface area contributed by atoms with Crippen LogP contribution in [0.4, 0.5) is 18.0 Å². The van der Waals surface area contributed by atoms with Gasteiger partial charge in [-0.25, -0.2) is 9.48 Å². The van der Waals surface area contributed by atoms with E-state index in [9.17, 15) is 18.0 Å². The topological polar surface area (TPSA) is 53.4 Å². The van der Waals surface area contributed by atoms with E-state index in [-0.39, 0.29) is 12.1 Å². The fourth-order valence-electron chi connectivity index (χ4n) is 3.44. The van der Waals surface area contributed by atoms with Crippen molar-refractivity contribution in [3.63, 3.8) is 0 Å². The Kier molecular flexibility index (Phi) is 4.10. The maximum atomic E-state index is 12.6. The largest absolute Gasteiger partial charge is 0.435 e. The summed E-state index contributed by atoms with van der Waals surface area (Å²) in [5, 5.41) is 6.43. The highest BCUT2D eigenvalue weighted by molar-refractivity contribution is 5.77. The van der Waals surface area contributed by atoms with Crippen LogP contribution in [0.5, 0.6) is 0 Å². The fourth-order valence-corrected chi connectivity index (χ4v) is 3.44. The molecular weight excluding hydrogens is 347 g/mol. The second kappa shape index (κ2) is 6.31. The number of hydrogen-bond acceptors (Lipinski definition) is 3. The molecule has 9 heteroatoms. The number of fused-ring (bicyclic) bond motifs is 1. The second-order valence-electron chi connectivity index (χ2n) is 6.58. The van der Waals surface area contributed by atoms with Gasteiger partial charge in [-0.1, -0.05) is 12.1 Å². The number of alkyl halides is 3. The number of hydrogen-bond donors (Lipinski definition) is 1. The number of carbonyl (C=O) groups excluding carboxylic acids is 1. The van der Waals surface area contributed by atoms with Gasteiger partial charge in [-0.2, -0.15) is 18.3 Å². The van der Waals surface area contributed by atoms with Crippen LogP contribution < -0.4 is 5.32 Å². The van der Waals surface area contributed by atoms with Gasteiger partial charge in [0.05, 0.1) is 11.7 Å². The lowest BCUT2D eigenvalue weighted by Crippen LogP contribution is -2.51. The van der Waals surface area contributed by atoms with Gasteiger partial charge in [0.1, 0.15) is 0 Å². The van der Waals surface area contributed by atoms with E-state index in [1.54, 1.807) is 12.1 Å². The van der Waals surface area contributed by atoms with E-state index in [2.05, 4.69) is 15.3 Å². The Morgan fingerprint density at radius 1 is 1.15 bits per heavy atom. The minimum Gasteiger partial charge on any atom is -0.336 e. The zero-order valence-electron chi connectivity index (χ0n) is 13.9. The standard InChI is InChI=1S/C17H18F3N5O/c18-17(19,20)15-5-6-25(22-15)13-3-1-12(2-4-13)10-23-7-8-24-14(11-23)9-21-16(24)26/h1-6,14H,7-11H2,(H,21,26). The van der Waals surface area contributed by atoms with Gasteiger partial charge >= 0.3 is 12.2 Å². The van der Waals surface area contributed by atoms with Crippen molar-refractivity contribution >= 4 is 6.03 Å². The summed E-state index contributed by atoms with van der Waals surface area (Å²) in [5.74, 6) is 0. The molecule has 0 spiro atoms. The summed E-state index contributed by atoms with van der Waals surface area (Å²) in [4.78, 5) is 15.8. The Balaban J connectivity index is 1.40. The third-order valence-corrected chi connectivity index (χ3v) is 4.80. The average Bonchev–Trinajstić information content (AvgIpc) is 3.23. The zero-order chi connectivity index (χ0) is 18.3. The van der Waals surface area contributed by atoms with Crippen molar-refractivity contribution in [1.82, 2.24) is 24.9 Å². The predicted octanol–water partition coefficient (Wildman–Crippen LogP) is 2.10. The number of benzene rings is 1. The Hall–Kier alpha value is -2.55. The molecule has 0 bridgehead atoms. The number of urea groups is 1. The summed E-state index contributed by atoms with van der Waals surface area (Å²) in [7, 11) is 0. The van der Waals surface area contributed by atoms with Crippen LogP contribution in [-0.2, 0) is 12.7 Å². The molecule has 3 heterocycles. The molecule has 26 heavy (non-hydrogen) atoms. The van der Waals surface area contributed by atoms with E-state index in [0.717, 1.165) is 31.3 Å². The van der Waals surface area contributed by atoms with Crippen LogP contribution in [0.1, 0.15) is 11.3 Å². The Bertz CT molecular complexity index is 801. The van der Waals surface area contributed by atoms with Crippen LogP contribution in [-0.4, -0.2) is 57.8 Å². The Morgan fingerprint density at radius 3 is 2.62 bits per heavy atom. The van der Waals surface area contributed by atoms with Gasteiger partial charge in [0.15, 0.2) is 5.69 Å². The maximum Gasteiger partial charge on any atom is 0.435 e. The van der Waals surface area contributed by atoms with E-state index in [1.807, 2.05) is 17.0 Å². The summed E-state index contributed by atoms with van der Waals surface area (Å²) < 4.78 is 39.2. The normalized spacial score (nSPS) is 21.0. The van der Waals surface area contributed by atoms with Gasteiger partial charge in [0.25, 0.3) is 0 Å². The first-order chi connectivity index (χ1) is 12.4. The predicted molar refractivity (Wildman–Crippen MR) is 87.7 cm³/mol. The lowest BCUT2D eigenvalue weighted by atomic mass is 10.1. The molecule has 2 amide bonds. The van der Waals surface area contributed by atoms with Gasteiger partial charge in [0, 0.05) is 38.9 Å². The monoisotopic (exact) mass is 365 g/mol. The van der Waals surface area contributed by atoms with Crippen molar-refractivity contribution in [2.75, 3.05) is 26.2 Å². The van der Waals surface area contributed by atoms with Gasteiger partial charge < -0.3 is 10.2 Å². The van der Waals surface area contributed by atoms with Crippen molar-refractivity contribution in [3.05, 3.63) is 47.8 Å². The molecule has 1 N–H and O–H groups in total. The first-order valence-corrected chi connectivity index (χ1v) is 8.39. The minimum absolute atomic E-state index is 0.0106. The molecule has 138 valence electrons. The van der Waals surface area contributed by atoms with Crippen molar-refractivity contribution in [2.24, 2.45) is 0 Å². The Morgan fingerprint density at radius 2 is 1.92 bits per heavy atom. The molecule has 2 aliphatic heterocycles. The molecule has 6 nitrogen and oxygen atoms in total. The van der Waals surface area contributed by atoms with E-state index in [4.69, 9.17) is 0 Å². The summed E-state index contributed by atoms with van der Waals surface area (Å²) in [5.41, 5.74) is 0.751. The number of halogens is 3. The van der Waals surface area contributed by atoms with E-state index >= 15 is 0 Å². The third kappa shape index (κ3) is 3.26. The molecule has 2 fully saturated rings. The number of amides is 2. The van der Waals surface area contributed by atoms with Crippen molar-refractivity contribution < 1.29 is 18.0 Å². The van der Waals surface area contributed by atoms with Crippen LogP contribution in [0.15, 0.2) is 36.5 Å². The molecule has 4 rings (SSSR count). The third-order valence-electron chi connectivity index (χ3n) is 4.80. The molecular formula is C17H18F3N5O. The molecule has 2 aromatic rings. The van der Waals surface area contributed by atoms with E-state index < -0.39 is 11.9 Å². The van der Waals surface area contributed by atoms with Crippen molar-refractivity contribution in [2.45, 2.75) is 18.8 Å². The molecule has 0 radical (unpaired) electrons. The van der Waals surface area contributed by atoms with E-state index in [0.29, 0.717) is 18.8 Å². The smallest absolute Gasteiger partial charge is 0.336 e. The second-order valence-corrected chi connectivity index (χ2v) is 6.58. The number of nitrogens with one attached hydrogen (secondary N) is 1. The van der Waals surface area contributed by atoms with Crippen molar-refractivity contribution in [1.29, 1.82) is 0 Å². The number of nitrogens with zero attached hydrogens (tertiary/aromatic N) is 4. The average molecular weight is 365 g/mol. The lowest BCUT2D eigenvalue weighted by Gasteiger charge is -2.36. The number of carbonyl (C=O) groups is 1. The first-order valence-electron chi connectivity index (χ1n) is 8.39.